The lowest BCUT2D eigenvalue weighted by Crippen LogP contribution is -2.43. The topological polar surface area (TPSA) is 61.4 Å². The summed E-state index contributed by atoms with van der Waals surface area (Å²) in [7, 11) is 0. The van der Waals surface area contributed by atoms with E-state index in [1.54, 1.807) is 31.2 Å². The van der Waals surface area contributed by atoms with Crippen LogP contribution in [-0.2, 0) is 0 Å². The van der Waals surface area contributed by atoms with E-state index in [1.807, 2.05) is 6.26 Å². The van der Waals surface area contributed by atoms with Crippen molar-refractivity contribution in [2.75, 3.05) is 23.9 Å². The summed E-state index contributed by atoms with van der Waals surface area (Å²) in [4.78, 5) is 11.6. The first-order chi connectivity index (χ1) is 8.43. The molecule has 0 heterocycles. The molecule has 4 nitrogen and oxygen atoms in total. The van der Waals surface area contributed by atoms with Gasteiger partial charge in [-0.25, -0.2) is 4.79 Å². The van der Waals surface area contributed by atoms with Crippen LogP contribution in [0.3, 0.4) is 0 Å². The van der Waals surface area contributed by atoms with Crippen LogP contribution in [0.15, 0.2) is 24.3 Å². The molecule has 0 fully saturated rings. The lowest BCUT2D eigenvalue weighted by molar-refractivity contribution is 0.0876. The summed E-state index contributed by atoms with van der Waals surface area (Å²) in [6, 6.07) is 6.46. The first kappa shape index (κ1) is 15.1. The maximum Gasteiger partial charge on any atom is 0.319 e. The number of aliphatic hydroxyl groups is 1. The van der Waals surface area contributed by atoms with Gasteiger partial charge < -0.3 is 15.7 Å². The number of rotatable bonds is 5. The third-order valence-corrected chi connectivity index (χ3v) is 3.35. The second-order valence-corrected chi connectivity index (χ2v) is 5.55. The Bertz CT molecular complexity index is 396. The lowest BCUT2D eigenvalue weighted by Gasteiger charge is -2.22. The molecule has 1 unspecified atom stereocenters. The summed E-state index contributed by atoms with van der Waals surface area (Å²) in [5, 5.41) is 15.8. The quantitative estimate of drug-likeness (QED) is 0.780. The van der Waals surface area contributed by atoms with Crippen molar-refractivity contribution in [3.8, 4) is 0 Å². The zero-order chi connectivity index (χ0) is 13.6. The molecule has 1 rings (SSSR count). The highest BCUT2D eigenvalue weighted by Crippen LogP contribution is 2.13. The van der Waals surface area contributed by atoms with Crippen molar-refractivity contribution >= 4 is 35.1 Å². The van der Waals surface area contributed by atoms with Gasteiger partial charge in [-0.1, -0.05) is 11.6 Å². The minimum Gasteiger partial charge on any atom is -0.387 e. The molecule has 3 N–H and O–H groups in total. The van der Waals surface area contributed by atoms with Gasteiger partial charge in [0.2, 0.25) is 0 Å². The van der Waals surface area contributed by atoms with Crippen molar-refractivity contribution in [2.24, 2.45) is 0 Å². The Hall–Kier alpha value is -0.910. The van der Waals surface area contributed by atoms with Crippen LogP contribution in [-0.4, -0.2) is 35.3 Å². The van der Waals surface area contributed by atoms with Crippen molar-refractivity contribution in [1.82, 2.24) is 5.32 Å². The van der Waals surface area contributed by atoms with E-state index in [-0.39, 0.29) is 12.6 Å². The number of thioether (sulfide) groups is 1. The molecule has 0 radical (unpaired) electrons. The standard InChI is InChI=1S/C12H17ClN2O2S/c1-12(17,8-18-2)7-14-11(16)15-10-5-3-9(13)4-6-10/h3-6,17H,7-8H2,1-2H3,(H2,14,15,16). The molecule has 1 aromatic rings. The van der Waals surface area contributed by atoms with E-state index in [4.69, 9.17) is 11.6 Å². The van der Waals surface area contributed by atoms with Gasteiger partial charge in [-0.15, -0.1) is 0 Å². The predicted molar refractivity (Wildman–Crippen MR) is 77.5 cm³/mol. The van der Waals surface area contributed by atoms with Crippen molar-refractivity contribution in [2.45, 2.75) is 12.5 Å². The highest BCUT2D eigenvalue weighted by molar-refractivity contribution is 7.98. The van der Waals surface area contributed by atoms with Crippen molar-refractivity contribution in [3.05, 3.63) is 29.3 Å². The molecule has 1 aromatic carbocycles. The first-order valence-corrected chi connectivity index (χ1v) is 7.22. The van der Waals surface area contributed by atoms with Crippen LogP contribution in [0.4, 0.5) is 10.5 Å². The molecular weight excluding hydrogens is 272 g/mol. The summed E-state index contributed by atoms with van der Waals surface area (Å²) in [5.41, 5.74) is -0.252. The largest absolute Gasteiger partial charge is 0.387 e. The number of amides is 2. The van der Waals surface area contributed by atoms with E-state index in [1.165, 1.54) is 11.8 Å². The monoisotopic (exact) mass is 288 g/mol. The lowest BCUT2D eigenvalue weighted by atomic mass is 10.1. The molecule has 0 aliphatic rings. The summed E-state index contributed by atoms with van der Waals surface area (Å²) in [6.45, 7) is 1.89. The number of anilines is 1. The Morgan fingerprint density at radius 1 is 1.44 bits per heavy atom. The Morgan fingerprint density at radius 3 is 2.61 bits per heavy atom. The molecular formula is C12H17ClN2O2S. The number of halogens is 1. The molecule has 6 heteroatoms. The number of benzene rings is 1. The van der Waals surface area contributed by atoms with Crippen LogP contribution in [0, 0.1) is 0 Å². The zero-order valence-electron chi connectivity index (χ0n) is 10.4. The van der Waals surface area contributed by atoms with Gasteiger partial charge in [0, 0.05) is 23.0 Å². The average Bonchev–Trinajstić information content (AvgIpc) is 2.30. The average molecular weight is 289 g/mol. The van der Waals surface area contributed by atoms with Gasteiger partial charge in [-0.05, 0) is 37.4 Å². The second-order valence-electron chi connectivity index (χ2n) is 4.24. The Labute approximate surface area is 116 Å². The molecule has 0 saturated heterocycles. The van der Waals surface area contributed by atoms with Crippen LogP contribution in [0.2, 0.25) is 5.02 Å². The van der Waals surface area contributed by atoms with Crippen molar-refractivity contribution < 1.29 is 9.90 Å². The van der Waals surface area contributed by atoms with Gasteiger partial charge in [-0.2, -0.15) is 11.8 Å². The molecule has 1 atom stereocenters. The van der Waals surface area contributed by atoms with Gasteiger partial charge in [0.1, 0.15) is 0 Å². The van der Waals surface area contributed by atoms with Crippen LogP contribution < -0.4 is 10.6 Å². The molecule has 0 bridgehead atoms. The van der Waals surface area contributed by atoms with Crippen LogP contribution in [0.1, 0.15) is 6.92 Å². The third kappa shape index (κ3) is 5.62. The van der Waals surface area contributed by atoms with Gasteiger partial charge >= 0.3 is 6.03 Å². The fraction of sp³-hybridized carbons (Fsp3) is 0.417. The van der Waals surface area contributed by atoms with Crippen molar-refractivity contribution in [1.29, 1.82) is 0 Å². The smallest absolute Gasteiger partial charge is 0.319 e. The molecule has 0 aliphatic carbocycles. The maximum atomic E-state index is 11.6. The van der Waals surface area contributed by atoms with E-state index < -0.39 is 5.60 Å². The van der Waals surface area contributed by atoms with Crippen molar-refractivity contribution in [3.63, 3.8) is 0 Å². The molecule has 0 aliphatic heterocycles. The summed E-state index contributed by atoms with van der Waals surface area (Å²) >= 11 is 7.27. The van der Waals surface area contributed by atoms with E-state index in [9.17, 15) is 9.90 Å². The number of carbonyl (C=O) groups is 1. The predicted octanol–water partition coefficient (Wildman–Crippen LogP) is 2.58. The molecule has 2 amide bonds. The van der Waals surface area contributed by atoms with Crippen LogP contribution in [0.25, 0.3) is 0 Å². The fourth-order valence-electron chi connectivity index (χ4n) is 1.34. The first-order valence-electron chi connectivity index (χ1n) is 5.45. The zero-order valence-corrected chi connectivity index (χ0v) is 11.9. The third-order valence-electron chi connectivity index (χ3n) is 2.19. The molecule has 0 saturated carbocycles. The minimum atomic E-state index is -0.906. The van der Waals surface area contributed by atoms with Gasteiger partial charge in [0.25, 0.3) is 0 Å². The fourth-order valence-corrected chi connectivity index (χ4v) is 2.19. The Kier molecular flexibility index (Phi) is 5.78. The molecule has 0 spiro atoms. The number of urea groups is 1. The molecule has 100 valence electrons. The van der Waals surface area contributed by atoms with E-state index in [0.29, 0.717) is 16.5 Å². The number of hydrogen-bond acceptors (Lipinski definition) is 3. The minimum absolute atomic E-state index is 0.202. The number of nitrogens with one attached hydrogen (secondary N) is 2. The summed E-state index contributed by atoms with van der Waals surface area (Å²) < 4.78 is 0. The van der Waals surface area contributed by atoms with E-state index in [0.717, 1.165) is 0 Å². The molecule has 18 heavy (non-hydrogen) atoms. The Morgan fingerprint density at radius 2 is 2.06 bits per heavy atom. The highest BCUT2D eigenvalue weighted by Gasteiger charge is 2.20. The van der Waals surface area contributed by atoms with Gasteiger partial charge in [0.05, 0.1) is 5.60 Å². The second kappa shape index (κ2) is 6.87. The van der Waals surface area contributed by atoms with E-state index >= 15 is 0 Å². The normalized spacial score (nSPS) is 13.8. The van der Waals surface area contributed by atoms with Gasteiger partial charge in [-0.3, -0.25) is 0 Å². The maximum absolute atomic E-state index is 11.6. The number of hydrogen-bond donors (Lipinski definition) is 3. The van der Waals surface area contributed by atoms with Crippen LogP contribution in [0.5, 0.6) is 0 Å². The summed E-state index contributed by atoms with van der Waals surface area (Å²) in [5.74, 6) is 0.564. The summed E-state index contributed by atoms with van der Waals surface area (Å²) in [6.07, 6.45) is 1.91. The SMILES string of the molecule is CSCC(C)(O)CNC(=O)Nc1ccc(Cl)cc1. The van der Waals surface area contributed by atoms with E-state index in [2.05, 4.69) is 10.6 Å². The Balaban J connectivity index is 2.40. The van der Waals surface area contributed by atoms with Gasteiger partial charge in [0.15, 0.2) is 0 Å². The highest BCUT2D eigenvalue weighted by atomic mass is 35.5. The number of carbonyl (C=O) groups excluding carboxylic acids is 1. The molecule has 0 aromatic heterocycles. The van der Waals surface area contributed by atoms with Crippen LogP contribution >= 0.6 is 23.4 Å².